The molecule has 0 radical (unpaired) electrons. The van der Waals surface area contributed by atoms with Gasteiger partial charge in [0.25, 0.3) is 5.91 Å². The van der Waals surface area contributed by atoms with Crippen LogP contribution >= 0.6 is 11.3 Å². The predicted octanol–water partition coefficient (Wildman–Crippen LogP) is 4.11. The number of halogens is 1. The Morgan fingerprint density at radius 1 is 1.00 bits per heavy atom. The Kier molecular flexibility index (Phi) is 5.70. The zero-order chi connectivity index (χ0) is 18.4. The van der Waals surface area contributed by atoms with Gasteiger partial charge >= 0.3 is 0 Å². The van der Waals surface area contributed by atoms with Gasteiger partial charge in [0.1, 0.15) is 5.82 Å². The average molecular weight is 369 g/mol. The van der Waals surface area contributed by atoms with Gasteiger partial charge < -0.3 is 5.32 Å². The summed E-state index contributed by atoms with van der Waals surface area (Å²) >= 11 is 1.28. The van der Waals surface area contributed by atoms with Crippen molar-refractivity contribution in [1.82, 2.24) is 4.98 Å². The normalized spacial score (nSPS) is 10.3. The highest BCUT2D eigenvalue weighted by Gasteiger charge is 2.10. The van der Waals surface area contributed by atoms with Crippen LogP contribution in [0, 0.1) is 5.82 Å². The first-order valence-corrected chi connectivity index (χ1v) is 8.84. The van der Waals surface area contributed by atoms with Gasteiger partial charge in [0.15, 0.2) is 5.13 Å². The van der Waals surface area contributed by atoms with Gasteiger partial charge in [0.05, 0.1) is 5.69 Å². The Morgan fingerprint density at radius 3 is 2.46 bits per heavy atom. The fraction of sp³-hybridized carbons (Fsp3) is 0.105. The number of aryl methyl sites for hydroxylation is 1. The molecule has 26 heavy (non-hydrogen) atoms. The first kappa shape index (κ1) is 17.8. The van der Waals surface area contributed by atoms with Crippen LogP contribution in [-0.4, -0.2) is 16.8 Å². The number of nitrogens with one attached hydrogen (secondary N) is 2. The number of carbonyl (C=O) groups excluding carboxylic acids is 2. The zero-order valence-electron chi connectivity index (χ0n) is 13.7. The maximum Gasteiger partial charge on any atom is 0.257 e. The van der Waals surface area contributed by atoms with Crippen LogP contribution in [-0.2, 0) is 11.2 Å². The van der Waals surface area contributed by atoms with Crippen molar-refractivity contribution in [3.8, 4) is 0 Å². The molecule has 0 saturated carbocycles. The molecular weight excluding hydrogens is 353 g/mol. The fourth-order valence-corrected chi connectivity index (χ4v) is 2.98. The van der Waals surface area contributed by atoms with E-state index in [4.69, 9.17) is 0 Å². The number of aromatic nitrogens is 1. The second-order valence-electron chi connectivity index (χ2n) is 5.52. The topological polar surface area (TPSA) is 71.1 Å². The molecule has 0 atom stereocenters. The molecule has 0 saturated heterocycles. The molecule has 1 aromatic heterocycles. The lowest BCUT2D eigenvalue weighted by molar-refractivity contribution is -0.116. The molecule has 0 aliphatic carbocycles. The van der Waals surface area contributed by atoms with Crippen molar-refractivity contribution in [2.75, 3.05) is 10.6 Å². The molecule has 2 N–H and O–H groups in total. The highest BCUT2D eigenvalue weighted by Crippen LogP contribution is 2.18. The molecule has 2 amide bonds. The van der Waals surface area contributed by atoms with Crippen LogP contribution in [0.4, 0.5) is 15.2 Å². The largest absolute Gasteiger partial charge is 0.326 e. The third-order valence-corrected chi connectivity index (χ3v) is 4.35. The summed E-state index contributed by atoms with van der Waals surface area (Å²) in [5.74, 6) is -0.847. The van der Waals surface area contributed by atoms with Crippen molar-refractivity contribution in [3.05, 3.63) is 77.1 Å². The summed E-state index contributed by atoms with van der Waals surface area (Å²) in [6.07, 6.45) is 0.769. The van der Waals surface area contributed by atoms with Gasteiger partial charge in [0, 0.05) is 23.1 Å². The number of benzene rings is 2. The van der Waals surface area contributed by atoms with Crippen molar-refractivity contribution < 1.29 is 14.0 Å². The monoisotopic (exact) mass is 369 g/mol. The van der Waals surface area contributed by atoms with Gasteiger partial charge in [-0.2, -0.15) is 0 Å². The molecule has 0 bridgehead atoms. The molecule has 0 aliphatic rings. The van der Waals surface area contributed by atoms with Crippen LogP contribution in [0.3, 0.4) is 0 Å². The summed E-state index contributed by atoms with van der Waals surface area (Å²) in [5, 5.41) is 7.73. The van der Waals surface area contributed by atoms with Crippen LogP contribution in [0.5, 0.6) is 0 Å². The molecule has 0 aliphatic heterocycles. The van der Waals surface area contributed by atoms with Crippen molar-refractivity contribution in [1.29, 1.82) is 0 Å². The van der Waals surface area contributed by atoms with E-state index in [0.29, 0.717) is 23.5 Å². The molecule has 1 heterocycles. The van der Waals surface area contributed by atoms with Gasteiger partial charge in [-0.1, -0.05) is 18.2 Å². The maximum absolute atomic E-state index is 12.9. The second-order valence-corrected chi connectivity index (χ2v) is 6.38. The van der Waals surface area contributed by atoms with E-state index >= 15 is 0 Å². The van der Waals surface area contributed by atoms with Gasteiger partial charge in [0.2, 0.25) is 5.91 Å². The van der Waals surface area contributed by atoms with E-state index in [1.54, 1.807) is 5.38 Å². The molecule has 0 spiro atoms. The van der Waals surface area contributed by atoms with Crippen LogP contribution in [0.25, 0.3) is 0 Å². The Morgan fingerprint density at radius 2 is 1.73 bits per heavy atom. The van der Waals surface area contributed by atoms with E-state index in [1.165, 1.54) is 35.6 Å². The Hall–Kier alpha value is -3.06. The van der Waals surface area contributed by atoms with Crippen molar-refractivity contribution in [2.45, 2.75) is 12.8 Å². The fourth-order valence-electron chi connectivity index (χ4n) is 2.24. The number of hydrogen-bond acceptors (Lipinski definition) is 4. The van der Waals surface area contributed by atoms with Crippen molar-refractivity contribution in [2.24, 2.45) is 0 Å². The Balaban J connectivity index is 1.50. The lowest BCUT2D eigenvalue weighted by Gasteiger charge is -2.03. The Labute approximate surface area is 153 Å². The summed E-state index contributed by atoms with van der Waals surface area (Å²) in [4.78, 5) is 28.3. The first-order chi connectivity index (χ1) is 12.6. The average Bonchev–Trinajstić information content (AvgIpc) is 3.09. The summed E-state index contributed by atoms with van der Waals surface area (Å²) in [7, 11) is 0. The third-order valence-electron chi connectivity index (χ3n) is 3.54. The van der Waals surface area contributed by atoms with Crippen molar-refractivity contribution >= 4 is 34.0 Å². The highest BCUT2D eigenvalue weighted by molar-refractivity contribution is 7.14. The van der Waals surface area contributed by atoms with Gasteiger partial charge in [-0.25, -0.2) is 9.37 Å². The van der Waals surface area contributed by atoms with E-state index in [2.05, 4.69) is 15.6 Å². The molecular formula is C19H16FN3O2S. The quantitative estimate of drug-likeness (QED) is 0.687. The lowest BCUT2D eigenvalue weighted by Crippen LogP contribution is -2.13. The molecule has 5 nitrogen and oxygen atoms in total. The minimum absolute atomic E-state index is 0.0962. The van der Waals surface area contributed by atoms with Gasteiger partial charge in [-0.3, -0.25) is 14.9 Å². The zero-order valence-corrected chi connectivity index (χ0v) is 14.6. The number of thiazole rings is 1. The lowest BCUT2D eigenvalue weighted by atomic mass is 10.2. The summed E-state index contributed by atoms with van der Waals surface area (Å²) in [6, 6.07) is 14.5. The minimum atomic E-state index is -0.396. The van der Waals surface area contributed by atoms with E-state index in [9.17, 15) is 14.0 Å². The van der Waals surface area contributed by atoms with E-state index in [-0.39, 0.29) is 11.8 Å². The van der Waals surface area contributed by atoms with Crippen LogP contribution in [0.2, 0.25) is 0 Å². The highest BCUT2D eigenvalue weighted by atomic mass is 32.1. The number of rotatable bonds is 6. The molecule has 0 fully saturated rings. The molecule has 0 unspecified atom stereocenters. The summed E-state index contributed by atoms with van der Waals surface area (Å²) < 4.78 is 12.9. The van der Waals surface area contributed by atoms with Crippen LogP contribution < -0.4 is 10.6 Å². The van der Waals surface area contributed by atoms with Gasteiger partial charge in [-0.05, 0) is 42.8 Å². The number of amides is 2. The molecule has 2 aromatic carbocycles. The van der Waals surface area contributed by atoms with Crippen molar-refractivity contribution in [3.63, 3.8) is 0 Å². The maximum atomic E-state index is 12.9. The van der Waals surface area contributed by atoms with E-state index in [1.807, 2.05) is 30.3 Å². The molecule has 3 rings (SSSR count). The summed E-state index contributed by atoms with van der Waals surface area (Å²) in [6.45, 7) is 0. The number of carbonyl (C=O) groups is 2. The molecule has 132 valence electrons. The number of para-hydroxylation sites is 1. The Bertz CT molecular complexity index is 895. The third kappa shape index (κ3) is 4.97. The SMILES string of the molecule is O=C(CCc1csc(NC(=O)c2ccc(F)cc2)n1)Nc1ccccc1. The van der Waals surface area contributed by atoms with Crippen LogP contribution in [0.15, 0.2) is 60.0 Å². The minimum Gasteiger partial charge on any atom is -0.326 e. The second kappa shape index (κ2) is 8.35. The predicted molar refractivity (Wildman–Crippen MR) is 99.9 cm³/mol. The van der Waals surface area contributed by atoms with Crippen LogP contribution in [0.1, 0.15) is 22.5 Å². The van der Waals surface area contributed by atoms with Gasteiger partial charge in [-0.15, -0.1) is 11.3 Å². The molecule has 7 heteroatoms. The smallest absolute Gasteiger partial charge is 0.257 e. The number of anilines is 2. The first-order valence-electron chi connectivity index (χ1n) is 7.96. The molecule has 3 aromatic rings. The van der Waals surface area contributed by atoms with E-state index < -0.39 is 5.82 Å². The summed E-state index contributed by atoms with van der Waals surface area (Å²) in [5.41, 5.74) is 1.83. The standard InChI is InChI=1S/C19H16FN3O2S/c20-14-8-6-13(7-9-14)18(25)23-19-22-16(12-26-19)10-11-17(24)21-15-4-2-1-3-5-15/h1-9,12H,10-11H2,(H,21,24)(H,22,23,25). The van der Waals surface area contributed by atoms with E-state index in [0.717, 1.165) is 11.4 Å². The number of nitrogens with zero attached hydrogens (tertiary/aromatic N) is 1. The number of hydrogen-bond donors (Lipinski definition) is 2.